The van der Waals surface area contributed by atoms with E-state index in [4.69, 9.17) is 9.15 Å². The van der Waals surface area contributed by atoms with E-state index >= 15 is 0 Å². The van der Waals surface area contributed by atoms with Gasteiger partial charge in [0.2, 0.25) is 5.91 Å². The minimum absolute atomic E-state index is 0.155. The first kappa shape index (κ1) is 14.1. The number of carbonyl (C=O) groups is 1. The molecule has 0 bridgehead atoms. The molecule has 1 saturated heterocycles. The van der Waals surface area contributed by atoms with Gasteiger partial charge in [-0.15, -0.1) is 0 Å². The number of carbonyl (C=O) groups excluding carboxylic acids is 1. The highest BCUT2D eigenvalue weighted by Crippen LogP contribution is 2.28. The average molecular weight is 267 g/mol. The number of nitrogens with one attached hydrogen (secondary N) is 1. The molecule has 0 radical (unpaired) electrons. The molecule has 2 rings (SSSR count). The summed E-state index contributed by atoms with van der Waals surface area (Å²) >= 11 is 0. The van der Waals surface area contributed by atoms with Crippen molar-refractivity contribution in [2.24, 2.45) is 5.41 Å². The fourth-order valence-electron chi connectivity index (χ4n) is 2.02. The van der Waals surface area contributed by atoms with Crippen molar-refractivity contribution in [3.63, 3.8) is 0 Å². The summed E-state index contributed by atoms with van der Waals surface area (Å²) in [6, 6.07) is 3.84. The van der Waals surface area contributed by atoms with Gasteiger partial charge in [-0.3, -0.25) is 4.79 Å². The standard InChI is InChI=1S/C14H21NO4/c1-10-4-5-11(19-10)13(2,3)6-15-12(17)14(7-16)8-18-9-14/h4-5,16H,6-9H2,1-3H3,(H,15,17). The molecule has 2 heterocycles. The first-order valence-corrected chi connectivity index (χ1v) is 6.43. The third-order valence-electron chi connectivity index (χ3n) is 3.64. The number of aliphatic hydroxyl groups excluding tert-OH is 1. The molecule has 0 aliphatic carbocycles. The van der Waals surface area contributed by atoms with Gasteiger partial charge in [-0.2, -0.15) is 0 Å². The molecule has 5 nitrogen and oxygen atoms in total. The van der Waals surface area contributed by atoms with Crippen molar-refractivity contribution in [3.05, 3.63) is 23.7 Å². The third-order valence-corrected chi connectivity index (χ3v) is 3.64. The monoisotopic (exact) mass is 267 g/mol. The lowest BCUT2D eigenvalue weighted by molar-refractivity contribution is -0.170. The van der Waals surface area contributed by atoms with Gasteiger partial charge in [0.15, 0.2) is 0 Å². The topological polar surface area (TPSA) is 71.7 Å². The van der Waals surface area contributed by atoms with Gasteiger partial charge in [0.1, 0.15) is 16.9 Å². The van der Waals surface area contributed by atoms with E-state index in [1.165, 1.54) is 0 Å². The highest BCUT2D eigenvalue weighted by atomic mass is 16.5. The minimum Gasteiger partial charge on any atom is -0.466 e. The second kappa shape index (κ2) is 4.98. The Balaban J connectivity index is 1.96. The molecule has 0 unspecified atom stereocenters. The molecule has 1 aliphatic rings. The summed E-state index contributed by atoms with van der Waals surface area (Å²) in [6.45, 7) is 6.76. The molecule has 5 heteroatoms. The average Bonchev–Trinajstić information content (AvgIpc) is 2.73. The second-order valence-corrected chi connectivity index (χ2v) is 5.91. The van der Waals surface area contributed by atoms with E-state index in [1.54, 1.807) is 0 Å². The van der Waals surface area contributed by atoms with E-state index in [0.717, 1.165) is 11.5 Å². The molecule has 0 aromatic carbocycles. The molecule has 0 spiro atoms. The zero-order chi connectivity index (χ0) is 14.1. The van der Waals surface area contributed by atoms with Crippen LogP contribution >= 0.6 is 0 Å². The number of hydrogen-bond acceptors (Lipinski definition) is 4. The Morgan fingerprint density at radius 2 is 2.16 bits per heavy atom. The third kappa shape index (κ3) is 2.67. The van der Waals surface area contributed by atoms with Crippen LogP contribution in [0.4, 0.5) is 0 Å². The molecule has 1 fully saturated rings. The lowest BCUT2D eigenvalue weighted by atomic mass is 9.84. The molecule has 0 saturated carbocycles. The lowest BCUT2D eigenvalue weighted by Gasteiger charge is -2.38. The Bertz CT molecular complexity index is 454. The Morgan fingerprint density at radius 1 is 1.47 bits per heavy atom. The highest BCUT2D eigenvalue weighted by molar-refractivity contribution is 5.84. The fourth-order valence-corrected chi connectivity index (χ4v) is 2.02. The van der Waals surface area contributed by atoms with Crippen molar-refractivity contribution >= 4 is 5.91 Å². The van der Waals surface area contributed by atoms with Crippen LogP contribution in [-0.4, -0.2) is 37.4 Å². The second-order valence-electron chi connectivity index (χ2n) is 5.91. The van der Waals surface area contributed by atoms with Gasteiger partial charge < -0.3 is 19.6 Å². The number of furan rings is 1. The predicted octanol–water partition coefficient (Wildman–Crippen LogP) is 0.991. The zero-order valence-electron chi connectivity index (χ0n) is 11.7. The van der Waals surface area contributed by atoms with Gasteiger partial charge in [0.05, 0.1) is 19.8 Å². The maximum absolute atomic E-state index is 12.1. The number of aliphatic hydroxyl groups is 1. The van der Waals surface area contributed by atoms with Crippen LogP contribution < -0.4 is 5.32 Å². The number of ether oxygens (including phenoxy) is 1. The van der Waals surface area contributed by atoms with Crippen LogP contribution in [0.1, 0.15) is 25.4 Å². The molecule has 106 valence electrons. The van der Waals surface area contributed by atoms with Crippen molar-refractivity contribution in [2.45, 2.75) is 26.2 Å². The maximum Gasteiger partial charge on any atom is 0.233 e. The summed E-state index contributed by atoms with van der Waals surface area (Å²) in [5.41, 5.74) is -1.04. The van der Waals surface area contributed by atoms with E-state index in [9.17, 15) is 9.90 Å². The molecule has 2 N–H and O–H groups in total. The van der Waals surface area contributed by atoms with Gasteiger partial charge >= 0.3 is 0 Å². The van der Waals surface area contributed by atoms with Gasteiger partial charge in [0.25, 0.3) is 0 Å². The molecular weight excluding hydrogens is 246 g/mol. The smallest absolute Gasteiger partial charge is 0.233 e. The van der Waals surface area contributed by atoms with Gasteiger partial charge in [-0.1, -0.05) is 13.8 Å². The summed E-state index contributed by atoms with van der Waals surface area (Å²) in [5.74, 6) is 1.54. The Morgan fingerprint density at radius 3 is 2.58 bits per heavy atom. The Kier molecular flexibility index (Phi) is 3.69. The van der Waals surface area contributed by atoms with Crippen molar-refractivity contribution in [1.29, 1.82) is 0 Å². The number of hydrogen-bond donors (Lipinski definition) is 2. The van der Waals surface area contributed by atoms with E-state index in [0.29, 0.717) is 6.54 Å². The normalized spacial score (nSPS) is 17.9. The van der Waals surface area contributed by atoms with Crippen LogP contribution in [0.3, 0.4) is 0 Å². The van der Waals surface area contributed by atoms with E-state index in [1.807, 2.05) is 32.9 Å². The maximum atomic E-state index is 12.1. The van der Waals surface area contributed by atoms with Crippen LogP contribution in [0.2, 0.25) is 0 Å². The molecule has 1 amide bonds. The molecule has 1 aliphatic heterocycles. The van der Waals surface area contributed by atoms with Crippen LogP contribution in [0.15, 0.2) is 16.5 Å². The highest BCUT2D eigenvalue weighted by Gasteiger charge is 2.45. The summed E-state index contributed by atoms with van der Waals surface area (Å²) in [6.07, 6.45) is 0. The van der Waals surface area contributed by atoms with E-state index in [2.05, 4.69) is 5.32 Å². The number of amides is 1. The summed E-state index contributed by atoms with van der Waals surface area (Å²) in [4.78, 5) is 12.1. The first-order valence-electron chi connectivity index (χ1n) is 6.43. The molecule has 0 atom stereocenters. The molecule has 19 heavy (non-hydrogen) atoms. The fraction of sp³-hybridized carbons (Fsp3) is 0.643. The molecule has 1 aromatic heterocycles. The molecule has 1 aromatic rings. The van der Waals surface area contributed by atoms with Crippen molar-refractivity contribution < 1.29 is 19.1 Å². The Labute approximate surface area is 112 Å². The quantitative estimate of drug-likeness (QED) is 0.834. The summed E-state index contributed by atoms with van der Waals surface area (Å²) in [5, 5.41) is 12.2. The van der Waals surface area contributed by atoms with Crippen molar-refractivity contribution in [1.82, 2.24) is 5.32 Å². The summed E-state index contributed by atoms with van der Waals surface area (Å²) < 4.78 is 10.6. The van der Waals surface area contributed by atoms with Gasteiger partial charge in [-0.25, -0.2) is 0 Å². The molecular formula is C14H21NO4. The number of aryl methyl sites for hydroxylation is 1. The lowest BCUT2D eigenvalue weighted by Crippen LogP contribution is -2.57. The van der Waals surface area contributed by atoms with Crippen LogP contribution in [0.25, 0.3) is 0 Å². The summed E-state index contributed by atoms with van der Waals surface area (Å²) in [7, 11) is 0. The van der Waals surface area contributed by atoms with E-state index in [-0.39, 0.29) is 31.1 Å². The zero-order valence-corrected chi connectivity index (χ0v) is 11.7. The number of rotatable bonds is 5. The predicted molar refractivity (Wildman–Crippen MR) is 69.8 cm³/mol. The van der Waals surface area contributed by atoms with Crippen LogP contribution in [-0.2, 0) is 14.9 Å². The SMILES string of the molecule is Cc1ccc(C(C)(C)CNC(=O)C2(CO)COC2)o1. The van der Waals surface area contributed by atoms with E-state index < -0.39 is 5.41 Å². The van der Waals surface area contributed by atoms with Gasteiger partial charge in [-0.05, 0) is 19.1 Å². The van der Waals surface area contributed by atoms with Crippen molar-refractivity contribution in [3.8, 4) is 0 Å². The van der Waals surface area contributed by atoms with Crippen LogP contribution in [0, 0.1) is 12.3 Å². The Hall–Kier alpha value is -1.33. The first-order chi connectivity index (χ1) is 8.89. The largest absolute Gasteiger partial charge is 0.466 e. The van der Waals surface area contributed by atoms with Crippen molar-refractivity contribution in [2.75, 3.05) is 26.4 Å². The van der Waals surface area contributed by atoms with Crippen LogP contribution in [0.5, 0.6) is 0 Å². The van der Waals surface area contributed by atoms with Gasteiger partial charge in [0, 0.05) is 12.0 Å². The minimum atomic E-state index is -0.755.